The number of benzene rings is 2. The van der Waals surface area contributed by atoms with Crippen LogP contribution in [0.3, 0.4) is 0 Å². The second kappa shape index (κ2) is 6.92. The average molecular weight is 390 g/mol. The third-order valence-electron chi connectivity index (χ3n) is 4.11. The number of carbonyl (C=O) groups is 1. The van der Waals surface area contributed by atoms with Crippen molar-refractivity contribution in [2.75, 3.05) is 0 Å². The molecule has 0 fully saturated rings. The van der Waals surface area contributed by atoms with Crippen LogP contribution < -0.4 is 21.5 Å². The van der Waals surface area contributed by atoms with Gasteiger partial charge in [0.25, 0.3) is 11.5 Å². The topological polar surface area (TPSA) is 69.0 Å². The molecule has 1 aromatic heterocycles. The summed E-state index contributed by atoms with van der Waals surface area (Å²) in [5.74, 6) is 0.894. The van der Waals surface area contributed by atoms with Crippen LogP contribution in [0.5, 0.6) is 0 Å². The van der Waals surface area contributed by atoms with E-state index in [1.165, 1.54) is 24.3 Å². The maximum Gasteiger partial charge on any atom is 0.269 e. The zero-order chi connectivity index (χ0) is 16.6. The van der Waals surface area contributed by atoms with E-state index in [0.29, 0.717) is 5.56 Å². The number of nitro groups is 1. The van der Waals surface area contributed by atoms with Crippen molar-refractivity contribution in [3.05, 3.63) is 70.0 Å². The number of carbonyl (C=O) groups excluding carboxylic acids is 1. The molecule has 0 aliphatic rings. The maximum absolute atomic E-state index is 12.5. The van der Waals surface area contributed by atoms with E-state index in [-0.39, 0.29) is 35.0 Å². The number of hydrogen-bond acceptors (Lipinski definition) is 3. The molecule has 3 aromatic rings. The fourth-order valence-electron chi connectivity index (χ4n) is 2.71. The van der Waals surface area contributed by atoms with Crippen LogP contribution >= 0.6 is 0 Å². The van der Waals surface area contributed by atoms with Gasteiger partial charge in [-0.15, -0.1) is 0 Å². The van der Waals surface area contributed by atoms with Gasteiger partial charge in [0.2, 0.25) is 5.78 Å². The summed E-state index contributed by atoms with van der Waals surface area (Å²) in [7, 11) is 1.96. The Morgan fingerprint density at radius 1 is 1.17 bits per heavy atom. The van der Waals surface area contributed by atoms with Crippen molar-refractivity contribution in [1.82, 2.24) is 4.57 Å². The van der Waals surface area contributed by atoms with E-state index in [1.54, 1.807) is 0 Å². The Bertz CT molecular complexity index is 917. The van der Waals surface area contributed by atoms with Crippen molar-refractivity contribution >= 4 is 22.5 Å². The van der Waals surface area contributed by atoms with E-state index in [1.807, 2.05) is 47.4 Å². The smallest absolute Gasteiger partial charge is 0.269 e. The van der Waals surface area contributed by atoms with Crippen molar-refractivity contribution < 1.29 is 31.3 Å². The highest BCUT2D eigenvalue weighted by molar-refractivity contribution is 5.96. The zero-order valence-electron chi connectivity index (χ0n) is 13.3. The van der Waals surface area contributed by atoms with E-state index >= 15 is 0 Å². The molecule has 0 saturated heterocycles. The summed E-state index contributed by atoms with van der Waals surface area (Å²) in [6, 6.07) is 13.6. The third-order valence-corrected chi connectivity index (χ3v) is 4.11. The number of nitro benzene ring substituents is 1. The number of halogens is 1. The summed E-state index contributed by atoms with van der Waals surface area (Å²) < 4.78 is 4.00. The second-order valence-electron chi connectivity index (χ2n) is 5.41. The lowest BCUT2D eigenvalue weighted by Gasteiger charge is -2.01. The standard InChI is InChI=1S/C17H16N3O3.BrH/c1-12-18(2)15-5-3-4-6-16(15)19(12)11-17(21)13-7-9-14(10-8-13)20(22)23;/h3-10H,11H2,1-2H3;1H/q+1;/p-1. The molecule has 3 rings (SSSR count). The second-order valence-corrected chi connectivity index (χ2v) is 5.41. The Hall–Kier alpha value is -2.54. The molecule has 0 aliphatic heterocycles. The van der Waals surface area contributed by atoms with Crippen LogP contribution in [0.2, 0.25) is 0 Å². The van der Waals surface area contributed by atoms with Gasteiger partial charge in [-0.1, -0.05) is 12.1 Å². The lowest BCUT2D eigenvalue weighted by atomic mass is 10.1. The number of aromatic nitrogens is 2. The largest absolute Gasteiger partial charge is 1.00 e. The molecule has 0 atom stereocenters. The normalized spacial score (nSPS) is 10.4. The minimum absolute atomic E-state index is 0. The van der Waals surface area contributed by atoms with Crippen LogP contribution in [0.25, 0.3) is 11.0 Å². The van der Waals surface area contributed by atoms with E-state index in [9.17, 15) is 14.9 Å². The Morgan fingerprint density at radius 3 is 2.42 bits per heavy atom. The first-order valence-electron chi connectivity index (χ1n) is 7.20. The highest BCUT2D eigenvalue weighted by Crippen LogP contribution is 2.16. The van der Waals surface area contributed by atoms with Gasteiger partial charge in [-0.25, -0.2) is 9.13 Å². The maximum atomic E-state index is 12.5. The van der Waals surface area contributed by atoms with E-state index in [4.69, 9.17) is 0 Å². The number of fused-ring (bicyclic) bond motifs is 1. The molecule has 0 spiro atoms. The van der Waals surface area contributed by atoms with Crippen LogP contribution in [0, 0.1) is 17.0 Å². The molecule has 7 heteroatoms. The summed E-state index contributed by atoms with van der Waals surface area (Å²) in [5.41, 5.74) is 2.50. The summed E-state index contributed by atoms with van der Waals surface area (Å²) in [6.45, 7) is 2.16. The fraction of sp³-hybridized carbons (Fsp3) is 0.176. The fourth-order valence-corrected chi connectivity index (χ4v) is 2.71. The van der Waals surface area contributed by atoms with Crippen LogP contribution in [0.1, 0.15) is 16.2 Å². The van der Waals surface area contributed by atoms with Crippen molar-refractivity contribution in [2.24, 2.45) is 7.05 Å². The summed E-state index contributed by atoms with van der Waals surface area (Å²) in [4.78, 5) is 22.7. The van der Waals surface area contributed by atoms with Gasteiger partial charge in [0.1, 0.15) is 0 Å². The lowest BCUT2D eigenvalue weighted by Crippen LogP contribution is -3.00. The Kier molecular flexibility index (Phi) is 5.14. The minimum Gasteiger partial charge on any atom is -1.00 e. The lowest BCUT2D eigenvalue weighted by molar-refractivity contribution is -0.652. The summed E-state index contributed by atoms with van der Waals surface area (Å²) >= 11 is 0. The third kappa shape index (κ3) is 3.07. The van der Waals surface area contributed by atoms with Crippen molar-refractivity contribution in [3.8, 4) is 0 Å². The van der Waals surface area contributed by atoms with Crippen molar-refractivity contribution in [2.45, 2.75) is 13.5 Å². The van der Waals surface area contributed by atoms with Gasteiger partial charge in [0, 0.05) is 24.6 Å². The number of Topliss-reactive ketones (excluding diaryl/α,β-unsaturated/α-hetero) is 1. The van der Waals surface area contributed by atoms with Crippen molar-refractivity contribution in [3.63, 3.8) is 0 Å². The van der Waals surface area contributed by atoms with Gasteiger partial charge in [-0.2, -0.15) is 0 Å². The minimum atomic E-state index is -0.474. The van der Waals surface area contributed by atoms with Crippen LogP contribution in [0.4, 0.5) is 5.69 Å². The van der Waals surface area contributed by atoms with E-state index in [2.05, 4.69) is 0 Å². The molecule has 0 saturated carbocycles. The van der Waals surface area contributed by atoms with Gasteiger partial charge >= 0.3 is 0 Å². The molecule has 0 bridgehead atoms. The quantitative estimate of drug-likeness (QED) is 0.263. The first-order valence-corrected chi connectivity index (χ1v) is 7.20. The predicted octanol–water partition coefficient (Wildman–Crippen LogP) is -0.431. The molecule has 124 valence electrons. The van der Waals surface area contributed by atoms with E-state index in [0.717, 1.165) is 16.9 Å². The molecule has 0 radical (unpaired) electrons. The van der Waals surface area contributed by atoms with Crippen LogP contribution in [0.15, 0.2) is 48.5 Å². The molecule has 24 heavy (non-hydrogen) atoms. The monoisotopic (exact) mass is 389 g/mol. The molecule has 6 nitrogen and oxygen atoms in total. The van der Waals surface area contributed by atoms with E-state index < -0.39 is 4.92 Å². The highest BCUT2D eigenvalue weighted by Gasteiger charge is 2.21. The number of aryl methyl sites for hydroxylation is 1. The molecule has 0 unspecified atom stereocenters. The molecule has 1 heterocycles. The molecule has 0 N–H and O–H groups in total. The Labute approximate surface area is 149 Å². The Balaban J connectivity index is 0.00000208. The van der Waals surface area contributed by atoms with Crippen LogP contribution in [-0.4, -0.2) is 15.3 Å². The molecule has 2 aromatic carbocycles. The first-order chi connectivity index (χ1) is 11.0. The molecule has 0 amide bonds. The number of rotatable bonds is 4. The number of imidazole rings is 1. The van der Waals surface area contributed by atoms with Crippen LogP contribution in [-0.2, 0) is 13.6 Å². The zero-order valence-corrected chi connectivity index (χ0v) is 14.9. The number of non-ortho nitro benzene ring substituents is 1. The molecular weight excluding hydrogens is 374 g/mol. The number of ketones is 1. The van der Waals surface area contributed by atoms with Gasteiger partial charge in [0.05, 0.1) is 12.0 Å². The molecule has 0 aliphatic carbocycles. The SMILES string of the molecule is Cc1n(CC(=O)c2ccc([N+](=O)[O-])cc2)c2ccccc2[n+]1C.[Br-]. The van der Waals surface area contributed by atoms with Crippen molar-refractivity contribution in [1.29, 1.82) is 0 Å². The molecular formula is C17H16BrN3O3. The van der Waals surface area contributed by atoms with Gasteiger partial charge < -0.3 is 17.0 Å². The highest BCUT2D eigenvalue weighted by atomic mass is 79.9. The van der Waals surface area contributed by atoms with Gasteiger partial charge in [-0.3, -0.25) is 14.9 Å². The predicted molar refractivity (Wildman–Crippen MR) is 85.3 cm³/mol. The number of para-hydroxylation sites is 2. The Morgan fingerprint density at radius 2 is 1.79 bits per heavy atom. The average Bonchev–Trinajstić information content (AvgIpc) is 2.80. The summed E-state index contributed by atoms with van der Waals surface area (Å²) in [6.07, 6.45) is 0. The van der Waals surface area contributed by atoms with Gasteiger partial charge in [-0.05, 0) is 24.3 Å². The number of hydrogen-bond donors (Lipinski definition) is 0. The number of nitrogens with zero attached hydrogens (tertiary/aromatic N) is 3. The summed E-state index contributed by atoms with van der Waals surface area (Å²) in [5, 5.41) is 10.7. The van der Waals surface area contributed by atoms with Gasteiger partial charge in [0.15, 0.2) is 17.6 Å². The first kappa shape index (κ1) is 17.8.